The van der Waals surface area contributed by atoms with Crippen LogP contribution in [0.15, 0.2) is 54.2 Å². The van der Waals surface area contributed by atoms with Crippen LogP contribution in [0.3, 0.4) is 0 Å². The molecule has 0 spiro atoms. The highest BCUT2D eigenvalue weighted by Gasteiger charge is 2.25. The molecule has 2 aromatic rings. The zero-order valence-corrected chi connectivity index (χ0v) is 17.1. The van der Waals surface area contributed by atoms with Gasteiger partial charge in [-0.05, 0) is 55.8 Å². The minimum atomic E-state index is -0.327. The van der Waals surface area contributed by atoms with E-state index in [0.717, 1.165) is 38.3 Å². The van der Waals surface area contributed by atoms with E-state index < -0.39 is 0 Å². The van der Waals surface area contributed by atoms with Gasteiger partial charge < -0.3 is 9.80 Å². The molecular formula is C22H26ClFN4. The van der Waals surface area contributed by atoms with Gasteiger partial charge in [0.2, 0.25) is 0 Å². The maximum atomic E-state index is 13.4. The van der Waals surface area contributed by atoms with Crippen molar-refractivity contribution in [1.29, 1.82) is 0 Å². The van der Waals surface area contributed by atoms with Gasteiger partial charge in [0.25, 0.3) is 0 Å². The third-order valence-electron chi connectivity index (χ3n) is 5.61. The first-order valence-electron chi connectivity index (χ1n) is 9.71. The number of nitrogens with zero attached hydrogens (tertiary/aromatic N) is 3. The van der Waals surface area contributed by atoms with E-state index in [0.29, 0.717) is 5.02 Å². The number of para-hydroxylation sites is 1. The van der Waals surface area contributed by atoms with E-state index in [1.165, 1.54) is 29.0 Å². The highest BCUT2D eigenvalue weighted by molar-refractivity contribution is 6.33. The normalized spacial score (nSPS) is 20.6. The Kier molecular flexibility index (Phi) is 5.58. The highest BCUT2D eigenvalue weighted by Crippen LogP contribution is 2.31. The summed E-state index contributed by atoms with van der Waals surface area (Å²) in [7, 11) is 2.18. The fourth-order valence-electron chi connectivity index (χ4n) is 3.88. The molecule has 0 aromatic heterocycles. The number of hydrazine groups is 1. The van der Waals surface area contributed by atoms with E-state index in [2.05, 4.69) is 53.5 Å². The molecule has 6 heteroatoms. The summed E-state index contributed by atoms with van der Waals surface area (Å²) in [6, 6.07) is 13.3. The first kappa shape index (κ1) is 19.2. The minimum Gasteiger partial charge on any atom is -0.369 e. The maximum Gasteiger partial charge on any atom is 0.124 e. The molecule has 0 bridgehead atoms. The van der Waals surface area contributed by atoms with Gasteiger partial charge in [-0.1, -0.05) is 29.8 Å². The first-order chi connectivity index (χ1) is 13.5. The Labute approximate surface area is 171 Å². The maximum absolute atomic E-state index is 13.4. The van der Waals surface area contributed by atoms with E-state index in [4.69, 9.17) is 11.6 Å². The number of piperazine rings is 1. The average molecular weight is 401 g/mol. The molecule has 2 heterocycles. The van der Waals surface area contributed by atoms with Crippen molar-refractivity contribution in [2.45, 2.75) is 19.4 Å². The lowest BCUT2D eigenvalue weighted by atomic mass is 9.99. The van der Waals surface area contributed by atoms with Crippen LogP contribution in [0.5, 0.6) is 0 Å². The van der Waals surface area contributed by atoms with E-state index in [1.807, 2.05) is 11.2 Å². The molecule has 2 aromatic carbocycles. The van der Waals surface area contributed by atoms with E-state index >= 15 is 0 Å². The van der Waals surface area contributed by atoms with Gasteiger partial charge in [0, 0.05) is 38.1 Å². The molecule has 0 saturated carbocycles. The quantitative estimate of drug-likeness (QED) is 0.835. The Balaban J connectivity index is 1.50. The lowest BCUT2D eigenvalue weighted by Crippen LogP contribution is -2.45. The molecule has 2 aliphatic heterocycles. The van der Waals surface area contributed by atoms with Crippen molar-refractivity contribution in [2.75, 3.05) is 43.1 Å². The van der Waals surface area contributed by atoms with E-state index in [1.54, 1.807) is 6.07 Å². The number of rotatable bonds is 4. The van der Waals surface area contributed by atoms with Crippen molar-refractivity contribution in [3.05, 3.63) is 70.6 Å². The molecule has 148 valence electrons. The average Bonchev–Trinajstić information content (AvgIpc) is 3.03. The third kappa shape index (κ3) is 4.02. The van der Waals surface area contributed by atoms with Gasteiger partial charge in [-0.15, -0.1) is 0 Å². The Morgan fingerprint density at radius 2 is 1.82 bits per heavy atom. The summed E-state index contributed by atoms with van der Waals surface area (Å²) < 4.78 is 13.4. The van der Waals surface area contributed by atoms with E-state index in [-0.39, 0.29) is 11.9 Å². The van der Waals surface area contributed by atoms with Crippen molar-refractivity contribution in [3.63, 3.8) is 0 Å². The van der Waals surface area contributed by atoms with Crippen molar-refractivity contribution in [1.82, 2.24) is 10.3 Å². The number of benzene rings is 2. The smallest absolute Gasteiger partial charge is 0.124 e. The van der Waals surface area contributed by atoms with Crippen LogP contribution in [0, 0.1) is 5.82 Å². The number of hydrogen-bond acceptors (Lipinski definition) is 4. The second-order valence-corrected chi connectivity index (χ2v) is 8.05. The van der Waals surface area contributed by atoms with Gasteiger partial charge in [-0.3, -0.25) is 5.01 Å². The number of hydrogen-bond donors (Lipinski definition) is 1. The van der Waals surface area contributed by atoms with Crippen LogP contribution in [-0.2, 0) is 6.42 Å². The Bertz CT molecular complexity index is 877. The van der Waals surface area contributed by atoms with Gasteiger partial charge in [0.05, 0.1) is 16.8 Å². The van der Waals surface area contributed by atoms with Crippen LogP contribution in [0.1, 0.15) is 12.5 Å². The summed E-state index contributed by atoms with van der Waals surface area (Å²) in [4.78, 5) is 4.85. The number of halogens is 2. The largest absolute Gasteiger partial charge is 0.369 e. The van der Waals surface area contributed by atoms with E-state index in [9.17, 15) is 4.39 Å². The molecule has 4 rings (SSSR count). The molecule has 2 aliphatic rings. The van der Waals surface area contributed by atoms with Crippen LogP contribution >= 0.6 is 11.6 Å². The van der Waals surface area contributed by atoms with Gasteiger partial charge in [0.1, 0.15) is 5.82 Å². The van der Waals surface area contributed by atoms with Crippen LogP contribution in [-0.4, -0.2) is 44.2 Å². The summed E-state index contributed by atoms with van der Waals surface area (Å²) in [6.45, 7) is 6.40. The lowest BCUT2D eigenvalue weighted by Gasteiger charge is -2.35. The summed E-state index contributed by atoms with van der Waals surface area (Å²) in [5.41, 5.74) is 8.16. The molecule has 1 unspecified atom stereocenters. The molecule has 4 nitrogen and oxygen atoms in total. The van der Waals surface area contributed by atoms with Gasteiger partial charge in [-0.2, -0.15) is 0 Å². The first-order valence-corrected chi connectivity index (χ1v) is 10.1. The molecular weight excluding hydrogens is 375 g/mol. The predicted octanol–water partition coefficient (Wildman–Crippen LogP) is 4.07. The lowest BCUT2D eigenvalue weighted by molar-refractivity contribution is 0.312. The summed E-state index contributed by atoms with van der Waals surface area (Å²) in [6.07, 6.45) is 2.93. The molecule has 0 aliphatic carbocycles. The van der Waals surface area contributed by atoms with Gasteiger partial charge in [0.15, 0.2) is 0 Å². The summed E-state index contributed by atoms with van der Waals surface area (Å²) >= 11 is 6.24. The topological polar surface area (TPSA) is 21.8 Å². The second kappa shape index (κ2) is 8.11. The third-order valence-corrected chi connectivity index (χ3v) is 5.91. The van der Waals surface area contributed by atoms with Crippen molar-refractivity contribution in [2.24, 2.45) is 0 Å². The molecule has 1 N–H and O–H groups in total. The highest BCUT2D eigenvalue weighted by atomic mass is 35.5. The standard InChI is InChI=1S/C22H26ClFN4/c1-16-15-28(22-8-7-18(24)14-19(22)23)25-20(16)13-17-5-3-4-6-21(17)27-11-9-26(2)10-12-27/h3-8,14-15,20,25H,9-13H2,1-2H3. The van der Waals surface area contributed by atoms with Crippen molar-refractivity contribution >= 4 is 23.0 Å². The van der Waals surface area contributed by atoms with Crippen LogP contribution in [0.2, 0.25) is 5.02 Å². The molecule has 1 fully saturated rings. The van der Waals surface area contributed by atoms with Crippen LogP contribution in [0.4, 0.5) is 15.8 Å². The minimum absolute atomic E-state index is 0.176. The SMILES string of the molecule is CC1=CN(c2ccc(F)cc2Cl)NC1Cc1ccccc1N1CCN(C)CC1. The summed E-state index contributed by atoms with van der Waals surface area (Å²) in [5.74, 6) is -0.327. The van der Waals surface area contributed by atoms with Gasteiger partial charge in [-0.25, -0.2) is 9.82 Å². The molecule has 0 radical (unpaired) electrons. The van der Waals surface area contributed by atoms with Crippen molar-refractivity contribution < 1.29 is 4.39 Å². The zero-order valence-electron chi connectivity index (χ0n) is 16.3. The number of anilines is 2. The Morgan fingerprint density at radius 1 is 1.07 bits per heavy atom. The second-order valence-electron chi connectivity index (χ2n) is 7.64. The van der Waals surface area contributed by atoms with Crippen molar-refractivity contribution in [3.8, 4) is 0 Å². The molecule has 0 amide bonds. The zero-order chi connectivity index (χ0) is 19.7. The Hall–Kier alpha value is -2.08. The fraction of sp³-hybridized carbons (Fsp3) is 0.364. The monoisotopic (exact) mass is 400 g/mol. The summed E-state index contributed by atoms with van der Waals surface area (Å²) in [5, 5.41) is 2.30. The van der Waals surface area contributed by atoms with Gasteiger partial charge >= 0.3 is 0 Å². The molecule has 28 heavy (non-hydrogen) atoms. The molecule has 1 saturated heterocycles. The fourth-order valence-corrected chi connectivity index (χ4v) is 4.14. The predicted molar refractivity (Wildman–Crippen MR) is 114 cm³/mol. The molecule has 1 atom stereocenters. The van der Waals surface area contributed by atoms with Crippen LogP contribution in [0.25, 0.3) is 0 Å². The van der Waals surface area contributed by atoms with Crippen LogP contribution < -0.4 is 15.3 Å². The number of nitrogens with one attached hydrogen (secondary N) is 1. The Morgan fingerprint density at radius 3 is 2.57 bits per heavy atom. The number of likely N-dealkylation sites (N-methyl/N-ethyl adjacent to an activating group) is 1.